The lowest BCUT2D eigenvalue weighted by atomic mass is 10.1. The van der Waals surface area contributed by atoms with E-state index in [-0.39, 0.29) is 20.0 Å². The van der Waals surface area contributed by atoms with Crippen LogP contribution in [0.15, 0.2) is 41.3 Å². The predicted octanol–water partition coefficient (Wildman–Crippen LogP) is 4.97. The zero-order chi connectivity index (χ0) is 21.3. The third kappa shape index (κ3) is 5.51. The first-order chi connectivity index (χ1) is 12.8. The molecule has 2 aromatic carbocycles. The Morgan fingerprint density at radius 2 is 1.61 bits per heavy atom. The maximum Gasteiger partial charge on any atom is 0.418 e. The third-order valence-corrected chi connectivity index (χ3v) is 5.95. The summed E-state index contributed by atoms with van der Waals surface area (Å²) in [4.78, 5) is 11.9. The first-order valence-electron chi connectivity index (χ1n) is 7.46. The van der Waals surface area contributed by atoms with Gasteiger partial charge in [-0.25, -0.2) is 8.42 Å². The van der Waals surface area contributed by atoms with Gasteiger partial charge in [-0.3, -0.25) is 4.79 Å². The number of sulfonamides is 1. The van der Waals surface area contributed by atoms with E-state index in [0.717, 1.165) is 25.1 Å². The fraction of sp³-hybridized carbons (Fsp3) is 0.188. The normalized spacial score (nSPS) is 13.2. The molecular weight excluding hydrogens is 464 g/mol. The van der Waals surface area contributed by atoms with E-state index in [1.807, 2.05) is 10.0 Å². The summed E-state index contributed by atoms with van der Waals surface area (Å²) in [6, 6.07) is 5.07. The van der Waals surface area contributed by atoms with Crippen LogP contribution in [-0.2, 0) is 21.0 Å². The predicted molar refractivity (Wildman–Crippen MR) is 101 cm³/mol. The first kappa shape index (κ1) is 22.8. The molecule has 2 rings (SSSR count). The second kappa shape index (κ2) is 8.46. The highest BCUT2D eigenvalue weighted by Gasteiger charge is 2.35. The Kier molecular flexibility index (Phi) is 6.88. The summed E-state index contributed by atoms with van der Waals surface area (Å²) in [6.07, 6.45) is -4.77. The fourth-order valence-electron chi connectivity index (χ4n) is 2.13. The number of anilines is 1. The summed E-state index contributed by atoms with van der Waals surface area (Å²) in [6.45, 7) is 1.16. The molecule has 1 atom stereocenters. The highest BCUT2D eigenvalue weighted by atomic mass is 35.5. The molecule has 2 N–H and O–H groups in total. The lowest BCUT2D eigenvalue weighted by Gasteiger charge is -2.18. The Bertz CT molecular complexity index is 1010. The van der Waals surface area contributed by atoms with Crippen molar-refractivity contribution in [1.29, 1.82) is 0 Å². The van der Waals surface area contributed by atoms with E-state index >= 15 is 0 Å². The molecule has 0 fully saturated rings. The fourth-order valence-corrected chi connectivity index (χ4v) is 4.27. The van der Waals surface area contributed by atoms with E-state index in [1.165, 1.54) is 12.1 Å². The molecular formula is C16H12Cl3F3N2O3S. The Labute approximate surface area is 173 Å². The van der Waals surface area contributed by atoms with Crippen molar-refractivity contribution < 1.29 is 26.4 Å². The molecule has 0 saturated carbocycles. The van der Waals surface area contributed by atoms with Crippen molar-refractivity contribution in [3.8, 4) is 0 Å². The molecule has 0 aliphatic heterocycles. The van der Waals surface area contributed by atoms with Crippen molar-refractivity contribution >= 4 is 56.4 Å². The van der Waals surface area contributed by atoms with E-state index in [1.54, 1.807) is 0 Å². The molecule has 0 heterocycles. The zero-order valence-electron chi connectivity index (χ0n) is 13.9. The highest BCUT2D eigenvalue weighted by Crippen LogP contribution is 2.36. The molecule has 28 heavy (non-hydrogen) atoms. The Hall–Kier alpha value is -1.52. The molecule has 12 heteroatoms. The van der Waals surface area contributed by atoms with Crippen molar-refractivity contribution in [3.63, 3.8) is 0 Å². The molecule has 152 valence electrons. The van der Waals surface area contributed by atoms with Crippen LogP contribution < -0.4 is 10.0 Å². The minimum absolute atomic E-state index is 0.0952. The van der Waals surface area contributed by atoms with E-state index in [2.05, 4.69) is 0 Å². The lowest BCUT2D eigenvalue weighted by molar-refractivity contribution is -0.137. The summed E-state index contributed by atoms with van der Waals surface area (Å²) >= 11 is 17.2. The van der Waals surface area contributed by atoms with Crippen LogP contribution in [0.1, 0.15) is 12.5 Å². The standard InChI is InChI=1S/C16H12Cl3F3N2O3S/c1-8(24-28(26,27)14-7-10(18)2-4-12(14)19)15(25)23-13-5-3-9(17)6-11(13)16(20,21)22/h2-8,24H,1H3,(H,23,25)/t8-/m1/s1. The van der Waals surface area contributed by atoms with E-state index in [0.29, 0.717) is 6.07 Å². The molecule has 0 unspecified atom stereocenters. The van der Waals surface area contributed by atoms with Crippen LogP contribution in [0.3, 0.4) is 0 Å². The van der Waals surface area contributed by atoms with Gasteiger partial charge in [-0.2, -0.15) is 17.9 Å². The number of hydrogen-bond donors (Lipinski definition) is 2. The number of rotatable bonds is 5. The summed E-state index contributed by atoms with van der Waals surface area (Å²) in [5, 5.41) is 1.83. The molecule has 5 nitrogen and oxygen atoms in total. The van der Waals surface area contributed by atoms with Gasteiger partial charge in [-0.1, -0.05) is 34.8 Å². The SMILES string of the molecule is C[C@@H](NS(=O)(=O)c1cc(Cl)ccc1Cl)C(=O)Nc1ccc(Cl)cc1C(F)(F)F. The van der Waals surface area contributed by atoms with Gasteiger partial charge in [-0.05, 0) is 43.3 Å². The van der Waals surface area contributed by atoms with Crippen LogP contribution >= 0.6 is 34.8 Å². The van der Waals surface area contributed by atoms with E-state index < -0.39 is 39.4 Å². The van der Waals surface area contributed by atoms with Crippen LogP contribution in [0.5, 0.6) is 0 Å². The van der Waals surface area contributed by atoms with Crippen molar-refractivity contribution in [1.82, 2.24) is 4.72 Å². The van der Waals surface area contributed by atoms with Gasteiger partial charge in [0.2, 0.25) is 15.9 Å². The third-order valence-electron chi connectivity index (χ3n) is 3.45. The smallest absolute Gasteiger partial charge is 0.324 e. The monoisotopic (exact) mass is 474 g/mol. The average molecular weight is 476 g/mol. The number of halogens is 6. The number of alkyl halides is 3. The number of benzene rings is 2. The summed E-state index contributed by atoms with van der Waals surface area (Å²) in [5.41, 5.74) is -1.73. The maximum absolute atomic E-state index is 13.1. The van der Waals surface area contributed by atoms with Gasteiger partial charge in [-0.15, -0.1) is 0 Å². The van der Waals surface area contributed by atoms with Gasteiger partial charge in [0.1, 0.15) is 4.90 Å². The van der Waals surface area contributed by atoms with Gasteiger partial charge in [0.25, 0.3) is 0 Å². The molecule has 0 bridgehead atoms. The molecule has 0 spiro atoms. The summed E-state index contributed by atoms with van der Waals surface area (Å²) in [5.74, 6) is -1.02. The van der Waals surface area contributed by atoms with Gasteiger partial charge >= 0.3 is 6.18 Å². The van der Waals surface area contributed by atoms with E-state index in [9.17, 15) is 26.4 Å². The molecule has 0 radical (unpaired) electrons. The number of hydrogen-bond acceptors (Lipinski definition) is 3. The Balaban J connectivity index is 2.23. The quantitative estimate of drug-likeness (QED) is 0.641. The molecule has 0 aromatic heterocycles. The molecule has 0 saturated heterocycles. The number of amides is 1. The largest absolute Gasteiger partial charge is 0.418 e. The summed E-state index contributed by atoms with van der Waals surface area (Å²) < 4.78 is 66.2. The van der Waals surface area contributed by atoms with Gasteiger partial charge in [0, 0.05) is 10.0 Å². The van der Waals surface area contributed by atoms with Crippen LogP contribution in [0.25, 0.3) is 0 Å². The number of carbonyl (C=O) groups excluding carboxylic acids is 1. The topological polar surface area (TPSA) is 75.3 Å². The molecule has 0 aliphatic rings. The number of carbonyl (C=O) groups is 1. The highest BCUT2D eigenvalue weighted by molar-refractivity contribution is 7.89. The molecule has 1 amide bonds. The van der Waals surface area contributed by atoms with Gasteiger partial charge in [0.15, 0.2) is 0 Å². The second-order valence-electron chi connectivity index (χ2n) is 5.59. The van der Waals surface area contributed by atoms with Gasteiger partial charge < -0.3 is 5.32 Å². The zero-order valence-corrected chi connectivity index (χ0v) is 17.0. The van der Waals surface area contributed by atoms with Crippen molar-refractivity contribution in [2.45, 2.75) is 24.0 Å². The minimum atomic E-state index is -4.77. The molecule has 2 aromatic rings. The van der Waals surface area contributed by atoms with Crippen LogP contribution in [0, 0.1) is 0 Å². The van der Waals surface area contributed by atoms with Crippen molar-refractivity contribution in [3.05, 3.63) is 57.0 Å². The number of nitrogens with one attached hydrogen (secondary N) is 2. The molecule has 0 aliphatic carbocycles. The van der Waals surface area contributed by atoms with Crippen LogP contribution in [0.2, 0.25) is 15.1 Å². The lowest BCUT2D eigenvalue weighted by Crippen LogP contribution is -2.41. The Morgan fingerprint density at radius 1 is 1.04 bits per heavy atom. The second-order valence-corrected chi connectivity index (χ2v) is 8.56. The van der Waals surface area contributed by atoms with Crippen LogP contribution in [-0.4, -0.2) is 20.4 Å². The summed E-state index contributed by atoms with van der Waals surface area (Å²) in [7, 11) is -4.27. The average Bonchev–Trinajstić information content (AvgIpc) is 2.57. The maximum atomic E-state index is 13.1. The van der Waals surface area contributed by atoms with Crippen molar-refractivity contribution in [2.75, 3.05) is 5.32 Å². The van der Waals surface area contributed by atoms with Crippen LogP contribution in [0.4, 0.5) is 18.9 Å². The first-order valence-corrected chi connectivity index (χ1v) is 10.1. The minimum Gasteiger partial charge on any atom is -0.324 e. The Morgan fingerprint density at radius 3 is 2.21 bits per heavy atom. The van der Waals surface area contributed by atoms with Crippen molar-refractivity contribution in [2.24, 2.45) is 0 Å². The van der Waals surface area contributed by atoms with E-state index in [4.69, 9.17) is 34.8 Å². The van der Waals surface area contributed by atoms with Gasteiger partial charge in [0.05, 0.1) is 22.3 Å².